The van der Waals surface area contributed by atoms with Crippen molar-refractivity contribution < 1.29 is 9.47 Å². The van der Waals surface area contributed by atoms with Crippen LogP contribution in [0.3, 0.4) is 0 Å². The van der Waals surface area contributed by atoms with Crippen LogP contribution in [0, 0.1) is 0 Å². The summed E-state index contributed by atoms with van der Waals surface area (Å²) in [5, 5.41) is 6.81. The Balaban J connectivity index is 1.85. The van der Waals surface area contributed by atoms with Gasteiger partial charge < -0.3 is 25.0 Å². The average molecular weight is 406 g/mol. The number of nitrogens with one attached hydrogen (secondary N) is 2. The van der Waals surface area contributed by atoms with E-state index < -0.39 is 0 Å². The molecule has 2 rings (SSSR count). The number of likely N-dealkylation sites (N-methyl/N-ethyl adjacent to an activating group) is 1. The van der Waals surface area contributed by atoms with Gasteiger partial charge in [0.05, 0.1) is 19.8 Å². The Kier molecular flexibility index (Phi) is 11.7. The minimum Gasteiger partial charge on any atom is -0.385 e. The van der Waals surface area contributed by atoms with Crippen LogP contribution in [0.1, 0.15) is 24.5 Å². The standard InChI is InChI=1S/C22H39N5O2/c1-4-23-22(24-10-12-26(2)11-7-15-28-3)25-18-20-8-5-6-9-21(20)19-27-13-16-29-17-14-27/h5-6,8-9H,4,7,10-19H2,1-3H3,(H2,23,24,25). The van der Waals surface area contributed by atoms with Crippen LogP contribution in [0.15, 0.2) is 29.3 Å². The van der Waals surface area contributed by atoms with E-state index in [2.05, 4.69) is 58.7 Å². The Bertz CT molecular complexity index is 590. The highest BCUT2D eigenvalue weighted by Gasteiger charge is 2.12. The Morgan fingerprint density at radius 3 is 2.66 bits per heavy atom. The van der Waals surface area contributed by atoms with Crippen LogP contribution in [0.4, 0.5) is 0 Å². The molecular weight excluding hydrogens is 366 g/mol. The van der Waals surface area contributed by atoms with Gasteiger partial charge in [-0.1, -0.05) is 24.3 Å². The van der Waals surface area contributed by atoms with Crippen LogP contribution in [0.2, 0.25) is 0 Å². The summed E-state index contributed by atoms with van der Waals surface area (Å²) in [6.07, 6.45) is 1.06. The van der Waals surface area contributed by atoms with Crippen LogP contribution in [-0.4, -0.2) is 89.0 Å². The van der Waals surface area contributed by atoms with Gasteiger partial charge in [-0.2, -0.15) is 0 Å². The first-order valence-corrected chi connectivity index (χ1v) is 10.8. The molecule has 0 aromatic heterocycles. The molecule has 1 aromatic rings. The maximum absolute atomic E-state index is 5.47. The van der Waals surface area contributed by atoms with Crippen LogP contribution < -0.4 is 10.6 Å². The number of ether oxygens (including phenoxy) is 2. The lowest BCUT2D eigenvalue weighted by molar-refractivity contribution is 0.0341. The Hall–Kier alpha value is -1.67. The van der Waals surface area contributed by atoms with Gasteiger partial charge in [-0.05, 0) is 31.5 Å². The summed E-state index contributed by atoms with van der Waals surface area (Å²) >= 11 is 0. The zero-order valence-corrected chi connectivity index (χ0v) is 18.5. The second kappa shape index (κ2) is 14.3. The Morgan fingerprint density at radius 1 is 1.17 bits per heavy atom. The molecular formula is C22H39N5O2. The second-order valence-corrected chi connectivity index (χ2v) is 7.43. The normalized spacial score (nSPS) is 15.7. The monoisotopic (exact) mass is 405 g/mol. The van der Waals surface area contributed by atoms with Gasteiger partial charge in [0.25, 0.3) is 0 Å². The molecule has 1 fully saturated rings. The first-order valence-electron chi connectivity index (χ1n) is 10.8. The van der Waals surface area contributed by atoms with Crippen molar-refractivity contribution in [2.24, 2.45) is 4.99 Å². The molecule has 0 atom stereocenters. The SMILES string of the molecule is CCNC(=NCc1ccccc1CN1CCOCC1)NCCN(C)CCCOC. The van der Waals surface area contributed by atoms with Crippen molar-refractivity contribution in [2.45, 2.75) is 26.4 Å². The molecule has 0 amide bonds. The summed E-state index contributed by atoms with van der Waals surface area (Å²) in [4.78, 5) is 9.59. The molecule has 1 saturated heterocycles. The molecule has 29 heavy (non-hydrogen) atoms. The lowest BCUT2D eigenvalue weighted by Crippen LogP contribution is -2.41. The zero-order chi connectivity index (χ0) is 20.7. The topological polar surface area (TPSA) is 61.4 Å². The predicted octanol–water partition coefficient (Wildman–Crippen LogP) is 1.54. The molecule has 0 bridgehead atoms. The molecule has 0 unspecified atom stereocenters. The van der Waals surface area contributed by atoms with Crippen molar-refractivity contribution >= 4 is 5.96 Å². The summed E-state index contributed by atoms with van der Waals surface area (Å²) in [5.74, 6) is 0.874. The molecule has 1 heterocycles. The number of hydrogen-bond donors (Lipinski definition) is 2. The summed E-state index contributed by atoms with van der Waals surface area (Å²) < 4.78 is 10.6. The van der Waals surface area contributed by atoms with Crippen molar-refractivity contribution in [3.8, 4) is 0 Å². The Morgan fingerprint density at radius 2 is 1.93 bits per heavy atom. The summed E-state index contributed by atoms with van der Waals surface area (Å²) in [5.41, 5.74) is 2.64. The molecule has 7 heteroatoms. The van der Waals surface area contributed by atoms with E-state index in [1.54, 1.807) is 7.11 Å². The molecule has 1 aliphatic heterocycles. The van der Waals surface area contributed by atoms with Gasteiger partial charge in [0.15, 0.2) is 5.96 Å². The molecule has 0 saturated carbocycles. The predicted molar refractivity (Wildman–Crippen MR) is 119 cm³/mol. The number of aliphatic imine (C=N–C) groups is 1. The fourth-order valence-electron chi connectivity index (χ4n) is 3.33. The fourth-order valence-corrected chi connectivity index (χ4v) is 3.33. The molecule has 7 nitrogen and oxygen atoms in total. The first-order chi connectivity index (χ1) is 14.2. The van der Waals surface area contributed by atoms with E-state index in [-0.39, 0.29) is 0 Å². The second-order valence-electron chi connectivity index (χ2n) is 7.43. The third-order valence-corrected chi connectivity index (χ3v) is 5.04. The van der Waals surface area contributed by atoms with E-state index in [0.717, 1.165) is 78.0 Å². The van der Waals surface area contributed by atoms with Gasteiger partial charge in [-0.15, -0.1) is 0 Å². The van der Waals surface area contributed by atoms with Crippen LogP contribution in [0.25, 0.3) is 0 Å². The lowest BCUT2D eigenvalue weighted by atomic mass is 10.1. The van der Waals surface area contributed by atoms with E-state index in [1.807, 2.05) is 0 Å². The third kappa shape index (κ3) is 9.58. The molecule has 1 aromatic carbocycles. The van der Waals surface area contributed by atoms with Gasteiger partial charge in [0.2, 0.25) is 0 Å². The highest BCUT2D eigenvalue weighted by atomic mass is 16.5. The van der Waals surface area contributed by atoms with Crippen molar-refractivity contribution in [3.63, 3.8) is 0 Å². The van der Waals surface area contributed by atoms with Gasteiger partial charge in [-0.3, -0.25) is 4.90 Å². The summed E-state index contributed by atoms with van der Waals surface area (Å²) in [7, 11) is 3.89. The Labute approximate surface area is 176 Å². The van der Waals surface area contributed by atoms with Crippen LogP contribution in [0.5, 0.6) is 0 Å². The van der Waals surface area contributed by atoms with Gasteiger partial charge >= 0.3 is 0 Å². The molecule has 164 valence electrons. The quantitative estimate of drug-likeness (QED) is 0.313. The minimum absolute atomic E-state index is 0.680. The van der Waals surface area contributed by atoms with Crippen molar-refractivity contribution in [1.82, 2.24) is 20.4 Å². The van der Waals surface area contributed by atoms with E-state index in [0.29, 0.717) is 6.54 Å². The maximum atomic E-state index is 5.47. The van der Waals surface area contributed by atoms with E-state index in [4.69, 9.17) is 14.5 Å². The highest BCUT2D eigenvalue weighted by Crippen LogP contribution is 2.14. The van der Waals surface area contributed by atoms with E-state index in [1.165, 1.54) is 11.1 Å². The minimum atomic E-state index is 0.680. The summed E-state index contributed by atoms with van der Waals surface area (Å²) in [6, 6.07) is 8.62. The lowest BCUT2D eigenvalue weighted by Gasteiger charge is -2.27. The summed E-state index contributed by atoms with van der Waals surface area (Å²) in [6.45, 7) is 11.9. The smallest absolute Gasteiger partial charge is 0.191 e. The number of methoxy groups -OCH3 is 1. The van der Waals surface area contributed by atoms with Crippen LogP contribution >= 0.6 is 0 Å². The average Bonchev–Trinajstić information content (AvgIpc) is 2.74. The molecule has 0 aliphatic carbocycles. The van der Waals surface area contributed by atoms with Crippen molar-refractivity contribution in [1.29, 1.82) is 0 Å². The molecule has 0 spiro atoms. The zero-order valence-electron chi connectivity index (χ0n) is 18.5. The molecule has 0 radical (unpaired) electrons. The first kappa shape index (κ1) is 23.6. The number of hydrogen-bond acceptors (Lipinski definition) is 5. The highest BCUT2D eigenvalue weighted by molar-refractivity contribution is 5.79. The van der Waals surface area contributed by atoms with Crippen LogP contribution in [-0.2, 0) is 22.6 Å². The number of nitrogens with zero attached hydrogens (tertiary/aromatic N) is 3. The number of morpholine rings is 1. The number of rotatable bonds is 12. The van der Waals surface area contributed by atoms with E-state index >= 15 is 0 Å². The van der Waals surface area contributed by atoms with Gasteiger partial charge in [0.1, 0.15) is 0 Å². The molecule has 1 aliphatic rings. The number of guanidine groups is 1. The number of benzene rings is 1. The van der Waals surface area contributed by atoms with Crippen molar-refractivity contribution in [3.05, 3.63) is 35.4 Å². The van der Waals surface area contributed by atoms with E-state index in [9.17, 15) is 0 Å². The van der Waals surface area contributed by atoms with Gasteiger partial charge in [-0.25, -0.2) is 4.99 Å². The van der Waals surface area contributed by atoms with Crippen molar-refractivity contribution in [2.75, 3.05) is 73.2 Å². The van der Waals surface area contributed by atoms with Gasteiger partial charge in [0, 0.05) is 59.5 Å². The fraction of sp³-hybridized carbons (Fsp3) is 0.682. The largest absolute Gasteiger partial charge is 0.385 e. The maximum Gasteiger partial charge on any atom is 0.191 e. The third-order valence-electron chi connectivity index (χ3n) is 5.04. The molecule has 2 N–H and O–H groups in total.